The van der Waals surface area contributed by atoms with E-state index >= 15 is 0 Å². The molecule has 2 amide bonds. The summed E-state index contributed by atoms with van der Waals surface area (Å²) >= 11 is 18.3. The Morgan fingerprint density at radius 1 is 0.838 bits per heavy atom. The molecule has 2 heterocycles. The van der Waals surface area contributed by atoms with Gasteiger partial charge in [0.1, 0.15) is 11.4 Å². The molecular formula is C27H20Cl2FN3O3S. The minimum absolute atomic E-state index is 0.0606. The van der Waals surface area contributed by atoms with Crippen LogP contribution in [-0.4, -0.2) is 43.2 Å². The van der Waals surface area contributed by atoms with Crippen LogP contribution in [0.3, 0.4) is 0 Å². The van der Waals surface area contributed by atoms with Crippen molar-refractivity contribution in [1.29, 1.82) is 0 Å². The molecule has 0 radical (unpaired) electrons. The maximum atomic E-state index is 13.7. The van der Waals surface area contributed by atoms with Gasteiger partial charge in [0.15, 0.2) is 5.11 Å². The van der Waals surface area contributed by atoms with Crippen LogP contribution in [-0.2, 0) is 14.3 Å². The summed E-state index contributed by atoms with van der Waals surface area (Å²) < 4.78 is 18.9. The van der Waals surface area contributed by atoms with E-state index in [0.717, 1.165) is 18.8 Å². The number of halogens is 3. The Labute approximate surface area is 228 Å². The lowest BCUT2D eigenvalue weighted by atomic mass is 10.0. The third kappa shape index (κ3) is 5.10. The van der Waals surface area contributed by atoms with Gasteiger partial charge >= 0.3 is 0 Å². The summed E-state index contributed by atoms with van der Waals surface area (Å²) in [6.45, 7) is 2.82. The average molecular weight is 556 g/mol. The number of carbonyl (C=O) groups is 2. The molecule has 2 fully saturated rings. The maximum absolute atomic E-state index is 13.7. The number of ether oxygens (including phenoxy) is 1. The van der Waals surface area contributed by atoms with Gasteiger partial charge in [0.05, 0.1) is 29.6 Å². The van der Waals surface area contributed by atoms with Gasteiger partial charge < -0.3 is 9.64 Å². The number of amides is 2. The number of hydrogen-bond acceptors (Lipinski definition) is 5. The topological polar surface area (TPSA) is 53.1 Å². The molecule has 0 unspecified atom stereocenters. The Morgan fingerprint density at radius 2 is 1.46 bits per heavy atom. The molecule has 2 saturated heterocycles. The van der Waals surface area contributed by atoms with Crippen molar-refractivity contribution >= 4 is 75.5 Å². The largest absolute Gasteiger partial charge is 0.378 e. The van der Waals surface area contributed by atoms with Crippen LogP contribution in [0.2, 0.25) is 10.0 Å². The number of anilines is 3. The molecule has 3 aromatic carbocycles. The molecule has 3 aromatic rings. The fraction of sp³-hybridized carbons (Fsp3) is 0.148. The highest BCUT2D eigenvalue weighted by atomic mass is 35.5. The van der Waals surface area contributed by atoms with E-state index in [1.807, 2.05) is 12.1 Å². The van der Waals surface area contributed by atoms with Crippen LogP contribution in [0.5, 0.6) is 0 Å². The molecule has 5 rings (SSSR count). The third-order valence-corrected chi connectivity index (χ3v) is 6.98. The molecule has 0 aliphatic carbocycles. The van der Waals surface area contributed by atoms with Gasteiger partial charge in [-0.3, -0.25) is 19.4 Å². The van der Waals surface area contributed by atoms with Crippen molar-refractivity contribution in [3.63, 3.8) is 0 Å². The molecule has 0 saturated carbocycles. The average Bonchev–Trinajstić information content (AvgIpc) is 2.90. The molecular weight excluding hydrogens is 536 g/mol. The SMILES string of the molecule is O=C1/C(=C/c2ccc(F)cc2)C(=O)N(c2cc(Cl)ccc2Cl)C(=S)N1c1ccc(N2CCOCC2)cc1. The van der Waals surface area contributed by atoms with E-state index in [4.69, 9.17) is 40.2 Å². The zero-order chi connectivity index (χ0) is 26.1. The van der Waals surface area contributed by atoms with E-state index in [2.05, 4.69) is 4.90 Å². The van der Waals surface area contributed by atoms with Gasteiger partial charge in [0.25, 0.3) is 11.8 Å². The van der Waals surface area contributed by atoms with Crippen molar-refractivity contribution in [3.05, 3.63) is 93.7 Å². The van der Waals surface area contributed by atoms with Gasteiger partial charge in [-0.2, -0.15) is 0 Å². The highest BCUT2D eigenvalue weighted by Crippen LogP contribution is 2.35. The number of thiocarbonyl (C=S) groups is 1. The molecule has 37 heavy (non-hydrogen) atoms. The Bertz CT molecular complexity index is 1410. The first-order valence-electron chi connectivity index (χ1n) is 11.4. The number of carbonyl (C=O) groups excluding carboxylic acids is 2. The minimum atomic E-state index is -0.662. The first-order chi connectivity index (χ1) is 17.8. The molecule has 0 N–H and O–H groups in total. The van der Waals surface area contributed by atoms with E-state index in [9.17, 15) is 14.0 Å². The van der Waals surface area contributed by atoms with Crippen LogP contribution in [0.25, 0.3) is 6.08 Å². The maximum Gasteiger partial charge on any atom is 0.270 e. The molecule has 2 aliphatic heterocycles. The van der Waals surface area contributed by atoms with Gasteiger partial charge in [-0.1, -0.05) is 35.3 Å². The van der Waals surface area contributed by atoms with Crippen LogP contribution < -0.4 is 14.7 Å². The van der Waals surface area contributed by atoms with Gasteiger partial charge in [-0.05, 0) is 78.5 Å². The van der Waals surface area contributed by atoms with Crippen LogP contribution in [0.4, 0.5) is 21.5 Å². The van der Waals surface area contributed by atoms with Crippen molar-refractivity contribution in [1.82, 2.24) is 0 Å². The molecule has 0 spiro atoms. The summed E-state index contributed by atoms with van der Waals surface area (Å²) in [5, 5.41) is 0.519. The van der Waals surface area contributed by atoms with Gasteiger partial charge in [-0.25, -0.2) is 4.39 Å². The van der Waals surface area contributed by atoms with Crippen molar-refractivity contribution < 1.29 is 18.7 Å². The first kappa shape index (κ1) is 25.4. The van der Waals surface area contributed by atoms with Crippen LogP contribution in [0.15, 0.2) is 72.3 Å². The summed E-state index contributed by atoms with van der Waals surface area (Å²) in [4.78, 5) is 32.0. The second kappa shape index (κ2) is 10.6. The number of benzene rings is 3. The zero-order valence-corrected chi connectivity index (χ0v) is 21.7. The number of morpholine rings is 1. The monoisotopic (exact) mass is 555 g/mol. The van der Waals surface area contributed by atoms with Crippen molar-refractivity contribution in [3.8, 4) is 0 Å². The Kier molecular flexibility index (Phi) is 7.26. The van der Waals surface area contributed by atoms with E-state index in [-0.39, 0.29) is 21.4 Å². The molecule has 0 bridgehead atoms. The third-order valence-electron chi connectivity index (χ3n) is 6.06. The number of hydrogen-bond donors (Lipinski definition) is 0. The molecule has 2 aliphatic rings. The smallest absolute Gasteiger partial charge is 0.270 e. The van der Waals surface area contributed by atoms with Crippen molar-refractivity contribution in [2.75, 3.05) is 41.0 Å². The zero-order valence-electron chi connectivity index (χ0n) is 19.4. The second-order valence-electron chi connectivity index (χ2n) is 8.38. The minimum Gasteiger partial charge on any atom is -0.378 e. The van der Waals surface area contributed by atoms with Gasteiger partial charge in [-0.15, -0.1) is 0 Å². The predicted molar refractivity (Wildman–Crippen MR) is 148 cm³/mol. The summed E-state index contributed by atoms with van der Waals surface area (Å²) in [5.74, 6) is -1.70. The number of nitrogens with zero attached hydrogens (tertiary/aromatic N) is 3. The highest BCUT2D eigenvalue weighted by Gasteiger charge is 2.42. The van der Waals surface area contributed by atoms with Crippen molar-refractivity contribution in [2.24, 2.45) is 0 Å². The fourth-order valence-electron chi connectivity index (χ4n) is 4.19. The molecule has 10 heteroatoms. The summed E-state index contributed by atoms with van der Waals surface area (Å²) in [5.41, 5.74) is 2.03. The van der Waals surface area contributed by atoms with E-state index in [1.54, 1.807) is 24.3 Å². The Hall–Kier alpha value is -3.30. The number of rotatable bonds is 4. The van der Waals surface area contributed by atoms with E-state index in [1.165, 1.54) is 46.2 Å². The van der Waals surface area contributed by atoms with E-state index < -0.39 is 17.6 Å². The lowest BCUT2D eigenvalue weighted by Gasteiger charge is -2.37. The Balaban J connectivity index is 1.59. The lowest BCUT2D eigenvalue weighted by Crippen LogP contribution is -2.57. The standard InChI is InChI=1S/C27H20Cl2FN3O3S/c28-18-3-10-23(29)24(16-18)33-26(35)22(15-17-1-4-19(30)5-2-17)25(34)32(27(33)37)21-8-6-20(7-9-21)31-11-13-36-14-12-31/h1-10,15-16H,11-14H2/b22-15-. The summed E-state index contributed by atoms with van der Waals surface area (Å²) in [7, 11) is 0. The fourth-order valence-corrected chi connectivity index (χ4v) is 4.92. The summed E-state index contributed by atoms with van der Waals surface area (Å²) in [6.07, 6.45) is 1.41. The molecule has 188 valence electrons. The lowest BCUT2D eigenvalue weighted by molar-refractivity contribution is -0.120. The first-order valence-corrected chi connectivity index (χ1v) is 12.6. The van der Waals surface area contributed by atoms with E-state index in [0.29, 0.717) is 29.5 Å². The normalized spacial score (nSPS) is 17.6. The van der Waals surface area contributed by atoms with Crippen molar-refractivity contribution in [2.45, 2.75) is 0 Å². The highest BCUT2D eigenvalue weighted by molar-refractivity contribution is 7.81. The molecule has 6 nitrogen and oxygen atoms in total. The Morgan fingerprint density at radius 3 is 2.14 bits per heavy atom. The van der Waals surface area contributed by atoms with Gasteiger partial charge in [0.2, 0.25) is 0 Å². The second-order valence-corrected chi connectivity index (χ2v) is 9.59. The van der Waals surface area contributed by atoms with Gasteiger partial charge in [0, 0.05) is 23.8 Å². The van der Waals surface area contributed by atoms with Crippen LogP contribution in [0, 0.1) is 5.82 Å². The van der Waals surface area contributed by atoms with Crippen LogP contribution in [0.1, 0.15) is 5.56 Å². The molecule has 0 atom stereocenters. The molecule has 0 aromatic heterocycles. The predicted octanol–water partition coefficient (Wildman–Crippen LogP) is 5.72. The quantitative estimate of drug-likeness (QED) is 0.234. The van der Waals surface area contributed by atoms with Crippen LogP contribution >= 0.6 is 35.4 Å². The summed E-state index contributed by atoms with van der Waals surface area (Å²) in [6, 6.07) is 17.5.